The largest absolute Gasteiger partial charge is 0.493 e. The molecular formula is C21H22N2O5. The van der Waals surface area contributed by atoms with E-state index in [4.69, 9.17) is 9.47 Å². The zero-order valence-electron chi connectivity index (χ0n) is 16.0. The highest BCUT2D eigenvalue weighted by molar-refractivity contribution is 5.71. The number of aromatic hydroxyl groups is 1. The topological polar surface area (TPSA) is 90.1 Å². The highest BCUT2D eigenvalue weighted by Gasteiger charge is 2.27. The molecule has 2 aromatic heterocycles. The minimum absolute atomic E-state index is 0.0232. The van der Waals surface area contributed by atoms with Crippen LogP contribution in [0.3, 0.4) is 0 Å². The molecule has 146 valence electrons. The molecule has 28 heavy (non-hydrogen) atoms. The fraction of sp³-hybridized carbons (Fsp3) is 0.286. The number of hydrogen-bond acceptors (Lipinski definition) is 6. The second kappa shape index (κ2) is 8.12. The SMILES string of the molecule is COC(=O)C[C@H](c1ccc(OC(C)C)cc1)c1c(O)nc2ccccn2c1=O. The van der Waals surface area contributed by atoms with E-state index < -0.39 is 23.3 Å². The zero-order chi connectivity index (χ0) is 20.3. The fourth-order valence-electron chi connectivity index (χ4n) is 3.08. The molecule has 0 aliphatic heterocycles. The minimum Gasteiger partial charge on any atom is -0.493 e. The van der Waals surface area contributed by atoms with E-state index in [-0.39, 0.29) is 18.1 Å². The van der Waals surface area contributed by atoms with Crippen molar-refractivity contribution in [2.24, 2.45) is 0 Å². The Labute approximate surface area is 162 Å². The van der Waals surface area contributed by atoms with Gasteiger partial charge in [0.05, 0.1) is 25.2 Å². The van der Waals surface area contributed by atoms with Crippen molar-refractivity contribution in [1.82, 2.24) is 9.38 Å². The van der Waals surface area contributed by atoms with Crippen molar-refractivity contribution in [3.63, 3.8) is 0 Å². The second-order valence-corrected chi connectivity index (χ2v) is 6.65. The lowest BCUT2D eigenvalue weighted by molar-refractivity contribution is -0.140. The van der Waals surface area contributed by atoms with E-state index >= 15 is 0 Å². The first kappa shape index (κ1) is 19.4. The van der Waals surface area contributed by atoms with E-state index in [0.29, 0.717) is 17.0 Å². The van der Waals surface area contributed by atoms with Gasteiger partial charge in [-0.3, -0.25) is 14.0 Å². The number of esters is 1. The van der Waals surface area contributed by atoms with Crippen molar-refractivity contribution in [2.45, 2.75) is 32.3 Å². The third-order valence-electron chi connectivity index (χ3n) is 4.35. The van der Waals surface area contributed by atoms with Crippen molar-refractivity contribution < 1.29 is 19.4 Å². The summed E-state index contributed by atoms with van der Waals surface area (Å²) in [4.78, 5) is 29.2. The van der Waals surface area contributed by atoms with Gasteiger partial charge in [-0.25, -0.2) is 0 Å². The molecule has 0 unspecified atom stereocenters. The molecule has 0 saturated carbocycles. The zero-order valence-corrected chi connectivity index (χ0v) is 16.0. The van der Waals surface area contributed by atoms with E-state index in [9.17, 15) is 14.7 Å². The first-order valence-electron chi connectivity index (χ1n) is 8.94. The molecule has 3 aromatic rings. The Morgan fingerprint density at radius 3 is 2.54 bits per heavy atom. The summed E-state index contributed by atoms with van der Waals surface area (Å²) in [6.07, 6.45) is 1.49. The van der Waals surface area contributed by atoms with Crippen LogP contribution in [-0.4, -0.2) is 33.7 Å². The summed E-state index contributed by atoms with van der Waals surface area (Å²) in [6.45, 7) is 3.85. The number of aromatic nitrogens is 2. The number of methoxy groups -OCH3 is 1. The van der Waals surface area contributed by atoms with Crippen LogP contribution in [0.1, 0.15) is 37.3 Å². The highest BCUT2D eigenvalue weighted by Crippen LogP contribution is 2.32. The molecule has 0 aliphatic rings. The quantitative estimate of drug-likeness (QED) is 0.660. The van der Waals surface area contributed by atoms with Crippen LogP contribution in [0, 0.1) is 0 Å². The predicted molar refractivity (Wildman–Crippen MR) is 104 cm³/mol. The Morgan fingerprint density at radius 1 is 1.18 bits per heavy atom. The van der Waals surface area contributed by atoms with Gasteiger partial charge < -0.3 is 14.6 Å². The molecule has 1 atom stereocenters. The number of fused-ring (bicyclic) bond motifs is 1. The van der Waals surface area contributed by atoms with Gasteiger partial charge in [-0.05, 0) is 43.7 Å². The summed E-state index contributed by atoms with van der Waals surface area (Å²) >= 11 is 0. The molecule has 0 aliphatic carbocycles. The molecule has 0 amide bonds. The number of rotatable bonds is 6. The predicted octanol–water partition coefficient (Wildman–Crippen LogP) is 2.88. The Morgan fingerprint density at radius 2 is 1.89 bits per heavy atom. The molecule has 7 nitrogen and oxygen atoms in total. The van der Waals surface area contributed by atoms with E-state index in [0.717, 1.165) is 0 Å². The average Bonchev–Trinajstić information content (AvgIpc) is 2.67. The first-order valence-corrected chi connectivity index (χ1v) is 8.94. The molecule has 1 N–H and O–H groups in total. The van der Waals surface area contributed by atoms with Crippen LogP contribution in [0.5, 0.6) is 11.6 Å². The third-order valence-corrected chi connectivity index (χ3v) is 4.35. The fourth-order valence-corrected chi connectivity index (χ4v) is 3.08. The Balaban J connectivity index is 2.12. The molecule has 0 spiro atoms. The number of pyridine rings is 1. The number of hydrogen-bond donors (Lipinski definition) is 1. The number of carbonyl (C=O) groups excluding carboxylic acids is 1. The Kier molecular flexibility index (Phi) is 5.63. The molecule has 0 fully saturated rings. The molecular weight excluding hydrogens is 360 g/mol. The molecule has 3 rings (SSSR count). The smallest absolute Gasteiger partial charge is 0.306 e. The number of benzene rings is 1. The molecule has 1 aromatic carbocycles. The van der Waals surface area contributed by atoms with E-state index in [1.807, 2.05) is 13.8 Å². The van der Waals surface area contributed by atoms with Gasteiger partial charge in [0, 0.05) is 12.1 Å². The van der Waals surface area contributed by atoms with Crippen molar-refractivity contribution >= 4 is 11.6 Å². The lowest BCUT2D eigenvalue weighted by atomic mass is 9.89. The van der Waals surface area contributed by atoms with E-state index in [1.165, 1.54) is 11.5 Å². The summed E-state index contributed by atoms with van der Waals surface area (Å²) in [7, 11) is 1.28. The lowest BCUT2D eigenvalue weighted by Gasteiger charge is -2.18. The lowest BCUT2D eigenvalue weighted by Crippen LogP contribution is -2.24. The summed E-state index contributed by atoms with van der Waals surface area (Å²) in [5, 5.41) is 10.5. The monoisotopic (exact) mass is 382 g/mol. The molecule has 0 saturated heterocycles. The molecule has 2 heterocycles. The Bertz CT molecular complexity index is 1040. The standard InChI is InChI=1S/C21H22N2O5/c1-13(2)28-15-9-7-14(8-10-15)16(12-18(24)27-3)19-20(25)22-17-6-4-5-11-23(17)21(19)26/h4-11,13,16,25H,12H2,1-3H3/t16-/m1/s1. The maximum atomic E-state index is 13.0. The maximum Gasteiger partial charge on any atom is 0.306 e. The van der Waals surface area contributed by atoms with Crippen LogP contribution in [0.25, 0.3) is 5.65 Å². The molecule has 7 heteroatoms. The molecule has 0 bridgehead atoms. The maximum absolute atomic E-state index is 13.0. The van der Waals surface area contributed by atoms with Gasteiger partial charge in [-0.15, -0.1) is 0 Å². The van der Waals surface area contributed by atoms with Crippen molar-refractivity contribution in [1.29, 1.82) is 0 Å². The number of nitrogens with zero attached hydrogens (tertiary/aromatic N) is 2. The van der Waals surface area contributed by atoms with Crippen molar-refractivity contribution in [2.75, 3.05) is 7.11 Å². The van der Waals surface area contributed by atoms with Crippen LogP contribution in [-0.2, 0) is 9.53 Å². The van der Waals surface area contributed by atoms with Crippen LogP contribution in [0.2, 0.25) is 0 Å². The van der Waals surface area contributed by atoms with Gasteiger partial charge in [0.25, 0.3) is 5.56 Å². The normalized spacial score (nSPS) is 12.1. The van der Waals surface area contributed by atoms with Gasteiger partial charge in [-0.2, -0.15) is 4.98 Å². The Hall–Kier alpha value is -3.35. The van der Waals surface area contributed by atoms with Gasteiger partial charge in [0.2, 0.25) is 5.88 Å². The minimum atomic E-state index is -0.711. The summed E-state index contributed by atoms with van der Waals surface area (Å²) < 4.78 is 11.8. The van der Waals surface area contributed by atoms with Gasteiger partial charge in [-0.1, -0.05) is 18.2 Å². The summed E-state index contributed by atoms with van der Waals surface area (Å²) in [5.41, 5.74) is 0.615. The van der Waals surface area contributed by atoms with Gasteiger partial charge in [0.15, 0.2) is 0 Å². The number of ether oxygens (including phenoxy) is 2. The van der Waals surface area contributed by atoms with Crippen LogP contribution in [0.15, 0.2) is 53.5 Å². The van der Waals surface area contributed by atoms with Crippen LogP contribution >= 0.6 is 0 Å². The van der Waals surface area contributed by atoms with Gasteiger partial charge >= 0.3 is 5.97 Å². The van der Waals surface area contributed by atoms with Crippen LogP contribution < -0.4 is 10.3 Å². The van der Waals surface area contributed by atoms with Gasteiger partial charge in [0.1, 0.15) is 11.4 Å². The van der Waals surface area contributed by atoms with Crippen LogP contribution in [0.4, 0.5) is 0 Å². The number of carbonyl (C=O) groups is 1. The first-order chi connectivity index (χ1) is 13.4. The second-order valence-electron chi connectivity index (χ2n) is 6.65. The third kappa shape index (κ3) is 3.98. The van der Waals surface area contributed by atoms with Crippen molar-refractivity contribution in [3.05, 3.63) is 70.1 Å². The summed E-state index contributed by atoms with van der Waals surface area (Å²) in [5.74, 6) is -0.928. The van der Waals surface area contributed by atoms with Crippen molar-refractivity contribution in [3.8, 4) is 11.6 Å². The van der Waals surface area contributed by atoms with E-state index in [2.05, 4.69) is 4.98 Å². The average molecular weight is 382 g/mol. The van der Waals surface area contributed by atoms with E-state index in [1.54, 1.807) is 48.7 Å². The summed E-state index contributed by atoms with van der Waals surface area (Å²) in [6, 6.07) is 12.1. The highest BCUT2D eigenvalue weighted by atomic mass is 16.5. The molecule has 0 radical (unpaired) electrons.